The van der Waals surface area contributed by atoms with Crippen molar-refractivity contribution in [3.8, 4) is 5.75 Å². The number of benzene rings is 2. The molecule has 0 heterocycles. The van der Waals surface area contributed by atoms with Crippen molar-refractivity contribution in [2.75, 3.05) is 12.4 Å². The second-order valence-electron chi connectivity index (χ2n) is 5.00. The van der Waals surface area contributed by atoms with E-state index in [0.29, 0.717) is 11.4 Å². The summed E-state index contributed by atoms with van der Waals surface area (Å²) in [5.41, 5.74) is -1.85. The number of aliphatic hydroxyl groups is 1. The summed E-state index contributed by atoms with van der Waals surface area (Å²) in [5.74, 6) is -0.411. The molecule has 1 atom stereocenters. The molecule has 1 unspecified atom stereocenters. The summed E-state index contributed by atoms with van der Waals surface area (Å²) in [4.78, 5) is 12.4. The molecule has 23 heavy (non-hydrogen) atoms. The molecule has 0 spiro atoms. The highest BCUT2D eigenvalue weighted by Gasteiger charge is 2.40. The van der Waals surface area contributed by atoms with Gasteiger partial charge in [-0.2, -0.15) is 0 Å². The molecule has 2 aromatic rings. The Morgan fingerprint density at radius 3 is 2.30 bits per heavy atom. The summed E-state index contributed by atoms with van der Waals surface area (Å²) in [6.45, 7) is 0. The van der Waals surface area contributed by atoms with Crippen LogP contribution in [-0.4, -0.2) is 24.5 Å². The number of hydrogen-bond donors (Lipinski definition) is 2. The number of methoxy groups -OCH3 is 1. The van der Waals surface area contributed by atoms with E-state index in [2.05, 4.69) is 5.32 Å². The first-order valence-corrected chi connectivity index (χ1v) is 6.97. The van der Waals surface area contributed by atoms with E-state index in [-0.39, 0.29) is 5.56 Å². The number of rotatable bonds is 6. The summed E-state index contributed by atoms with van der Waals surface area (Å²) in [5, 5.41) is 13.1. The maximum absolute atomic E-state index is 12.9. The highest BCUT2D eigenvalue weighted by Crippen LogP contribution is 2.31. The second kappa shape index (κ2) is 7.19. The van der Waals surface area contributed by atoms with Gasteiger partial charge >= 0.3 is 0 Å². The van der Waals surface area contributed by atoms with Gasteiger partial charge in [-0.25, -0.2) is 8.78 Å². The first-order chi connectivity index (χ1) is 11.0. The normalized spacial score (nSPS) is 13.4. The predicted molar refractivity (Wildman–Crippen MR) is 82.6 cm³/mol. The molecule has 0 radical (unpaired) electrons. The molecule has 2 N–H and O–H groups in total. The highest BCUT2D eigenvalue weighted by molar-refractivity contribution is 5.97. The van der Waals surface area contributed by atoms with Crippen LogP contribution in [0, 0.1) is 0 Å². The molecule has 2 aromatic carbocycles. The van der Waals surface area contributed by atoms with Gasteiger partial charge in [0.2, 0.25) is 6.43 Å². The van der Waals surface area contributed by atoms with Crippen molar-refractivity contribution in [3.63, 3.8) is 0 Å². The number of para-hydroxylation sites is 1. The minimum absolute atomic E-state index is 0.0760. The lowest BCUT2D eigenvalue weighted by molar-refractivity contribution is -0.139. The SMILES string of the molecule is COc1ccc(C(O)(CC(F)F)C(=O)Nc2ccccc2)cc1. The molecule has 0 fully saturated rings. The Balaban J connectivity index is 2.31. The van der Waals surface area contributed by atoms with Gasteiger partial charge in [0.25, 0.3) is 5.91 Å². The molecule has 0 saturated carbocycles. The third-order valence-electron chi connectivity index (χ3n) is 3.42. The summed E-state index contributed by atoms with van der Waals surface area (Å²) in [6.07, 6.45) is -3.85. The minimum Gasteiger partial charge on any atom is -0.497 e. The number of nitrogens with one attached hydrogen (secondary N) is 1. The van der Waals surface area contributed by atoms with Crippen LogP contribution in [0.2, 0.25) is 0 Å². The van der Waals surface area contributed by atoms with Crippen molar-refractivity contribution in [3.05, 3.63) is 60.2 Å². The number of halogens is 2. The van der Waals surface area contributed by atoms with Gasteiger partial charge in [-0.3, -0.25) is 4.79 Å². The molecule has 6 heteroatoms. The summed E-state index contributed by atoms with van der Waals surface area (Å²) >= 11 is 0. The molecule has 0 aliphatic heterocycles. The van der Waals surface area contributed by atoms with Crippen molar-refractivity contribution in [1.29, 1.82) is 0 Å². The van der Waals surface area contributed by atoms with Crippen LogP contribution < -0.4 is 10.1 Å². The zero-order valence-corrected chi connectivity index (χ0v) is 12.5. The molecule has 0 aliphatic carbocycles. The van der Waals surface area contributed by atoms with E-state index in [9.17, 15) is 18.7 Å². The van der Waals surface area contributed by atoms with E-state index in [1.165, 1.54) is 31.4 Å². The van der Waals surface area contributed by atoms with Gasteiger partial charge in [-0.15, -0.1) is 0 Å². The van der Waals surface area contributed by atoms with Crippen molar-refractivity contribution in [1.82, 2.24) is 0 Å². The van der Waals surface area contributed by atoms with Crippen LogP contribution in [0.15, 0.2) is 54.6 Å². The molecular weight excluding hydrogens is 304 g/mol. The standard InChI is InChI=1S/C17H17F2NO3/c1-23-14-9-7-12(8-10-14)17(22,11-15(18)19)16(21)20-13-5-3-2-4-6-13/h2-10,15,22H,11H2,1H3,(H,20,21). The first kappa shape index (κ1) is 16.9. The molecular formula is C17H17F2NO3. The van der Waals surface area contributed by atoms with Crippen molar-refractivity contribution in [2.45, 2.75) is 18.4 Å². The van der Waals surface area contributed by atoms with Gasteiger partial charge in [0, 0.05) is 5.69 Å². The maximum atomic E-state index is 12.9. The second-order valence-corrected chi connectivity index (χ2v) is 5.00. The topological polar surface area (TPSA) is 58.6 Å². The van der Waals surface area contributed by atoms with Crippen LogP contribution in [0.5, 0.6) is 5.75 Å². The van der Waals surface area contributed by atoms with Crippen molar-refractivity contribution in [2.24, 2.45) is 0 Å². The number of carbonyl (C=O) groups excluding carboxylic acids is 1. The molecule has 4 nitrogen and oxygen atoms in total. The Morgan fingerprint density at radius 2 is 1.78 bits per heavy atom. The Kier molecular flexibility index (Phi) is 5.28. The third kappa shape index (κ3) is 4.04. The van der Waals surface area contributed by atoms with Crippen molar-refractivity contribution >= 4 is 11.6 Å². The zero-order chi connectivity index (χ0) is 16.9. The van der Waals surface area contributed by atoms with E-state index < -0.39 is 24.4 Å². The van der Waals surface area contributed by atoms with E-state index in [0.717, 1.165) is 0 Å². The lowest BCUT2D eigenvalue weighted by atomic mass is 9.89. The fourth-order valence-corrected chi connectivity index (χ4v) is 2.19. The van der Waals surface area contributed by atoms with Crippen molar-refractivity contribution < 1.29 is 23.4 Å². The number of alkyl halides is 2. The van der Waals surface area contributed by atoms with E-state index in [4.69, 9.17) is 4.74 Å². The van der Waals surface area contributed by atoms with Gasteiger partial charge in [0.05, 0.1) is 13.5 Å². The maximum Gasteiger partial charge on any atom is 0.261 e. The fraction of sp³-hybridized carbons (Fsp3) is 0.235. The van der Waals surface area contributed by atoms with Crippen LogP contribution in [0.25, 0.3) is 0 Å². The van der Waals surface area contributed by atoms with E-state index in [1.807, 2.05) is 0 Å². The van der Waals surface area contributed by atoms with Gasteiger partial charge in [-0.05, 0) is 29.8 Å². The fourth-order valence-electron chi connectivity index (χ4n) is 2.19. The highest BCUT2D eigenvalue weighted by atomic mass is 19.3. The summed E-state index contributed by atoms with van der Waals surface area (Å²) in [7, 11) is 1.46. The first-order valence-electron chi connectivity index (χ1n) is 6.97. The number of carbonyl (C=O) groups is 1. The molecule has 0 aromatic heterocycles. The van der Waals surface area contributed by atoms with Gasteiger partial charge in [0.1, 0.15) is 5.75 Å². The Bertz CT molecular complexity index is 647. The quantitative estimate of drug-likeness (QED) is 0.859. The largest absolute Gasteiger partial charge is 0.497 e. The summed E-state index contributed by atoms with van der Waals surface area (Å²) in [6, 6.07) is 14.1. The molecule has 1 amide bonds. The van der Waals surface area contributed by atoms with Crippen LogP contribution >= 0.6 is 0 Å². The molecule has 0 saturated heterocycles. The Morgan fingerprint density at radius 1 is 1.17 bits per heavy atom. The van der Waals surface area contributed by atoms with Crippen LogP contribution in [0.4, 0.5) is 14.5 Å². The average molecular weight is 321 g/mol. The number of amides is 1. The monoisotopic (exact) mass is 321 g/mol. The Hall–Kier alpha value is -2.47. The Labute approximate surface area is 132 Å². The average Bonchev–Trinajstić information content (AvgIpc) is 2.55. The number of ether oxygens (including phenoxy) is 1. The van der Waals surface area contributed by atoms with Crippen LogP contribution in [-0.2, 0) is 10.4 Å². The van der Waals surface area contributed by atoms with Crippen LogP contribution in [0.1, 0.15) is 12.0 Å². The zero-order valence-electron chi connectivity index (χ0n) is 12.5. The van der Waals surface area contributed by atoms with Gasteiger partial charge in [0.15, 0.2) is 5.60 Å². The lowest BCUT2D eigenvalue weighted by Gasteiger charge is -2.27. The van der Waals surface area contributed by atoms with Gasteiger partial charge < -0.3 is 15.2 Å². The van der Waals surface area contributed by atoms with Crippen LogP contribution in [0.3, 0.4) is 0 Å². The molecule has 0 bridgehead atoms. The molecule has 122 valence electrons. The molecule has 2 rings (SSSR count). The number of anilines is 1. The van der Waals surface area contributed by atoms with E-state index in [1.54, 1.807) is 30.3 Å². The number of hydrogen-bond acceptors (Lipinski definition) is 3. The minimum atomic E-state index is -2.84. The predicted octanol–water partition coefficient (Wildman–Crippen LogP) is 3.18. The third-order valence-corrected chi connectivity index (χ3v) is 3.42. The smallest absolute Gasteiger partial charge is 0.261 e. The van der Waals surface area contributed by atoms with Gasteiger partial charge in [-0.1, -0.05) is 30.3 Å². The van der Waals surface area contributed by atoms with E-state index >= 15 is 0 Å². The summed E-state index contributed by atoms with van der Waals surface area (Å²) < 4.78 is 30.8. The lowest BCUT2D eigenvalue weighted by Crippen LogP contribution is -2.42. The molecule has 0 aliphatic rings.